The number of benzene rings is 1. The Labute approximate surface area is 197 Å². The van der Waals surface area contributed by atoms with Crippen LogP contribution in [0.2, 0.25) is 0 Å². The summed E-state index contributed by atoms with van der Waals surface area (Å²) in [6.45, 7) is 1.26. The molecule has 3 aromatic rings. The quantitative estimate of drug-likeness (QED) is 0.304. The van der Waals surface area contributed by atoms with Crippen LogP contribution in [-0.2, 0) is 0 Å². The molecule has 0 radical (unpaired) electrons. The third kappa shape index (κ3) is 4.86. The first-order chi connectivity index (χ1) is 15.6. The molecule has 1 aliphatic rings. The summed E-state index contributed by atoms with van der Waals surface area (Å²) in [5.74, 6) is 0.810. The number of thioether (sulfide) groups is 1. The van der Waals surface area contributed by atoms with E-state index in [0.29, 0.717) is 18.7 Å². The number of amides is 1. The maximum absolute atomic E-state index is 12.5. The van der Waals surface area contributed by atoms with Crippen LogP contribution in [0.25, 0.3) is 11.2 Å². The Kier molecular flexibility index (Phi) is 7.22. The number of hydrogen-bond acceptors (Lipinski definition) is 5. The average molecular weight is 466 g/mol. The zero-order valence-corrected chi connectivity index (χ0v) is 19.8. The lowest BCUT2D eigenvalue weighted by atomic mass is 10.00. The van der Waals surface area contributed by atoms with Crippen LogP contribution in [0.4, 0.5) is 5.82 Å². The van der Waals surface area contributed by atoms with E-state index < -0.39 is 0 Å². The van der Waals surface area contributed by atoms with Gasteiger partial charge in [0, 0.05) is 40.9 Å². The molecule has 0 unspecified atom stereocenters. The maximum Gasteiger partial charge on any atom is 0.252 e. The van der Waals surface area contributed by atoms with Crippen LogP contribution in [0.15, 0.2) is 58.6 Å². The lowest BCUT2D eigenvalue weighted by Crippen LogP contribution is -2.26. The predicted octanol–water partition coefficient (Wildman–Crippen LogP) is 3.24. The van der Waals surface area contributed by atoms with Crippen molar-refractivity contribution in [1.29, 1.82) is 0 Å². The van der Waals surface area contributed by atoms with Gasteiger partial charge >= 0.3 is 0 Å². The Morgan fingerprint density at radius 2 is 2.16 bits per heavy atom. The first kappa shape index (κ1) is 22.5. The molecule has 32 heavy (non-hydrogen) atoms. The molecule has 2 N–H and O–H groups in total. The van der Waals surface area contributed by atoms with Gasteiger partial charge in [-0.25, -0.2) is 4.98 Å². The van der Waals surface area contributed by atoms with Crippen molar-refractivity contribution in [3.05, 3.63) is 65.0 Å². The lowest BCUT2D eigenvalue weighted by Gasteiger charge is -2.14. The SMILES string of the molecule is Bc1cnn2c(NCCCNC(=O)c3ccccc3SC)cc(C3=C(Cl)CCC=C3)nc12. The van der Waals surface area contributed by atoms with Gasteiger partial charge in [0.15, 0.2) is 5.65 Å². The number of anilines is 1. The predicted molar refractivity (Wildman–Crippen MR) is 136 cm³/mol. The molecule has 4 rings (SSSR count). The van der Waals surface area contributed by atoms with Crippen molar-refractivity contribution in [3.63, 3.8) is 0 Å². The molecule has 1 amide bonds. The Hall–Kier alpha value is -2.71. The third-order valence-corrected chi connectivity index (χ3v) is 6.52. The van der Waals surface area contributed by atoms with Gasteiger partial charge in [-0.2, -0.15) is 9.61 Å². The molecule has 0 fully saturated rings. The van der Waals surface area contributed by atoms with Crippen LogP contribution < -0.4 is 16.1 Å². The number of nitrogens with zero attached hydrogens (tertiary/aromatic N) is 3. The van der Waals surface area contributed by atoms with Crippen molar-refractivity contribution < 1.29 is 4.79 Å². The smallest absolute Gasteiger partial charge is 0.252 e. The number of aromatic nitrogens is 3. The standard InChI is InChI=1S/C23H25BClN5OS/c1-32-20-10-5-3-8-16(20)23(31)27-12-6-11-26-21-13-19(15-7-2-4-9-18(15)25)29-22-17(24)14-28-30(21)22/h2-3,5,7-8,10,13-14,26H,4,6,9,11-12,24H2,1H3,(H,27,31). The number of carbonyl (C=O) groups is 1. The van der Waals surface area contributed by atoms with Crippen LogP contribution in [0, 0.1) is 0 Å². The van der Waals surface area contributed by atoms with Crippen LogP contribution in [0.3, 0.4) is 0 Å². The largest absolute Gasteiger partial charge is 0.370 e. The highest BCUT2D eigenvalue weighted by atomic mass is 35.5. The molecule has 0 saturated heterocycles. The summed E-state index contributed by atoms with van der Waals surface area (Å²) in [5.41, 5.74) is 4.33. The van der Waals surface area contributed by atoms with Gasteiger partial charge in [-0.05, 0) is 43.1 Å². The first-order valence-electron chi connectivity index (χ1n) is 10.6. The number of halogens is 1. The van der Waals surface area contributed by atoms with Gasteiger partial charge in [0.25, 0.3) is 5.91 Å². The average Bonchev–Trinajstić information content (AvgIpc) is 3.19. The fraction of sp³-hybridized carbons (Fsp3) is 0.261. The fourth-order valence-corrected chi connectivity index (χ4v) is 4.50. The van der Waals surface area contributed by atoms with E-state index >= 15 is 0 Å². The molecule has 1 aromatic carbocycles. The maximum atomic E-state index is 12.5. The van der Waals surface area contributed by atoms with Crippen molar-refractivity contribution in [3.8, 4) is 0 Å². The van der Waals surface area contributed by atoms with Gasteiger partial charge in [0.05, 0.1) is 11.3 Å². The van der Waals surface area contributed by atoms with Crippen LogP contribution in [-0.4, -0.2) is 47.7 Å². The van der Waals surface area contributed by atoms with Crippen molar-refractivity contribution in [2.24, 2.45) is 0 Å². The summed E-state index contributed by atoms with van der Waals surface area (Å²) in [7, 11) is 2.00. The van der Waals surface area contributed by atoms with Crippen molar-refractivity contribution in [1.82, 2.24) is 19.9 Å². The van der Waals surface area contributed by atoms with Crippen molar-refractivity contribution in [2.75, 3.05) is 24.7 Å². The summed E-state index contributed by atoms with van der Waals surface area (Å²) >= 11 is 8.06. The number of hydrogen-bond donors (Lipinski definition) is 2. The van der Waals surface area contributed by atoms with E-state index in [2.05, 4.69) is 21.8 Å². The molecule has 0 saturated carbocycles. The van der Waals surface area contributed by atoms with E-state index in [1.165, 1.54) is 0 Å². The van der Waals surface area contributed by atoms with Crippen molar-refractivity contribution in [2.45, 2.75) is 24.2 Å². The Morgan fingerprint density at radius 1 is 1.31 bits per heavy atom. The Balaban J connectivity index is 1.42. The highest BCUT2D eigenvalue weighted by molar-refractivity contribution is 7.98. The zero-order chi connectivity index (χ0) is 22.5. The highest BCUT2D eigenvalue weighted by Gasteiger charge is 2.15. The topological polar surface area (TPSA) is 71.3 Å². The Bertz CT molecular complexity index is 1210. The van der Waals surface area contributed by atoms with Crippen LogP contribution in [0.1, 0.15) is 35.3 Å². The van der Waals surface area contributed by atoms with Gasteiger partial charge in [0.1, 0.15) is 13.7 Å². The number of allylic oxidation sites excluding steroid dienone is 4. The normalized spacial score (nSPS) is 13.6. The van der Waals surface area contributed by atoms with E-state index in [0.717, 1.165) is 57.4 Å². The Morgan fingerprint density at radius 3 is 2.97 bits per heavy atom. The van der Waals surface area contributed by atoms with E-state index in [1.807, 2.05) is 61.2 Å². The molecular weight excluding hydrogens is 441 g/mol. The lowest BCUT2D eigenvalue weighted by molar-refractivity contribution is 0.0950. The van der Waals surface area contributed by atoms with E-state index in [-0.39, 0.29) is 5.91 Å². The molecule has 1 aliphatic carbocycles. The second-order valence-corrected chi connectivity index (χ2v) is 8.89. The van der Waals surface area contributed by atoms with Gasteiger partial charge < -0.3 is 10.6 Å². The summed E-state index contributed by atoms with van der Waals surface area (Å²) in [6.07, 6.45) is 10.5. The minimum atomic E-state index is -0.0445. The zero-order valence-electron chi connectivity index (χ0n) is 18.2. The molecule has 6 nitrogen and oxygen atoms in total. The van der Waals surface area contributed by atoms with Gasteiger partial charge in [-0.1, -0.05) is 35.9 Å². The van der Waals surface area contributed by atoms with Crippen LogP contribution in [0.5, 0.6) is 0 Å². The molecule has 164 valence electrons. The third-order valence-electron chi connectivity index (χ3n) is 5.33. The summed E-state index contributed by atoms with van der Waals surface area (Å²) in [6, 6.07) is 9.63. The second-order valence-electron chi connectivity index (χ2n) is 7.59. The van der Waals surface area contributed by atoms with E-state index in [1.54, 1.807) is 11.8 Å². The van der Waals surface area contributed by atoms with E-state index in [9.17, 15) is 4.79 Å². The second kappa shape index (κ2) is 10.3. The van der Waals surface area contributed by atoms with Crippen LogP contribution >= 0.6 is 23.4 Å². The summed E-state index contributed by atoms with van der Waals surface area (Å²) < 4.78 is 1.81. The minimum absolute atomic E-state index is 0.0445. The monoisotopic (exact) mass is 465 g/mol. The number of rotatable bonds is 8. The summed E-state index contributed by atoms with van der Waals surface area (Å²) in [4.78, 5) is 18.3. The molecule has 9 heteroatoms. The van der Waals surface area contributed by atoms with Crippen molar-refractivity contribution >= 4 is 59.6 Å². The molecule has 2 heterocycles. The highest BCUT2D eigenvalue weighted by Crippen LogP contribution is 2.30. The van der Waals surface area contributed by atoms with E-state index in [4.69, 9.17) is 16.6 Å². The molecule has 0 spiro atoms. The van der Waals surface area contributed by atoms with Gasteiger partial charge in [-0.3, -0.25) is 4.79 Å². The molecular formula is C23H25BClN5OS. The number of fused-ring (bicyclic) bond motifs is 1. The van der Waals surface area contributed by atoms with Gasteiger partial charge in [0.2, 0.25) is 0 Å². The summed E-state index contributed by atoms with van der Waals surface area (Å²) in [5, 5.41) is 11.8. The fourth-order valence-electron chi connectivity index (χ4n) is 3.63. The molecule has 0 aliphatic heterocycles. The minimum Gasteiger partial charge on any atom is -0.370 e. The van der Waals surface area contributed by atoms with Gasteiger partial charge in [-0.15, -0.1) is 11.8 Å². The molecule has 2 aromatic heterocycles. The number of carbonyl (C=O) groups excluding carboxylic acids is 1. The first-order valence-corrected chi connectivity index (χ1v) is 12.2. The molecule has 0 atom stereocenters. The number of nitrogens with one attached hydrogen (secondary N) is 2. The molecule has 0 bridgehead atoms.